The summed E-state index contributed by atoms with van der Waals surface area (Å²) in [7, 11) is 3.57. The van der Waals surface area contributed by atoms with Crippen LogP contribution < -0.4 is 15.4 Å². The van der Waals surface area contributed by atoms with Crippen molar-refractivity contribution >= 4 is 33.6 Å². The van der Waals surface area contributed by atoms with Crippen molar-refractivity contribution in [1.29, 1.82) is 0 Å². The molecule has 43 heavy (non-hydrogen) atoms. The van der Waals surface area contributed by atoms with Crippen molar-refractivity contribution in [2.24, 2.45) is 5.92 Å². The second-order valence-electron chi connectivity index (χ2n) is 12.0. The topological polar surface area (TPSA) is 95.4 Å². The second kappa shape index (κ2) is 11.1. The van der Waals surface area contributed by atoms with Crippen molar-refractivity contribution in [3.8, 4) is 5.75 Å². The van der Waals surface area contributed by atoms with E-state index >= 15 is 0 Å². The number of aryl methyl sites for hydroxylation is 1. The first-order valence-electron chi connectivity index (χ1n) is 15.0. The molecule has 1 aliphatic carbocycles. The Morgan fingerprint density at radius 3 is 2.58 bits per heavy atom. The Kier molecular flexibility index (Phi) is 7.15. The molecule has 1 saturated heterocycles. The van der Waals surface area contributed by atoms with Crippen LogP contribution in [0.25, 0.3) is 21.9 Å². The minimum Gasteiger partial charge on any atom is -0.497 e. The Hall–Kier alpha value is -4.21. The van der Waals surface area contributed by atoms with Crippen LogP contribution in [0, 0.1) is 5.92 Å². The summed E-state index contributed by atoms with van der Waals surface area (Å²) in [6.45, 7) is 4.73. The fourth-order valence-corrected chi connectivity index (χ4v) is 6.75. The summed E-state index contributed by atoms with van der Waals surface area (Å²) in [5.41, 5.74) is 4.38. The summed E-state index contributed by atoms with van der Waals surface area (Å²) in [4.78, 5) is 13.9. The van der Waals surface area contributed by atoms with Gasteiger partial charge in [0.15, 0.2) is 5.79 Å². The Balaban J connectivity index is 1.07. The highest BCUT2D eigenvalue weighted by Gasteiger charge is 2.54. The number of methoxy groups -OCH3 is 1. The maximum Gasteiger partial charge on any atom is 0.163 e. The van der Waals surface area contributed by atoms with Crippen LogP contribution in [0.3, 0.4) is 0 Å². The lowest BCUT2D eigenvalue weighted by Crippen LogP contribution is -2.27. The first kappa shape index (κ1) is 27.6. The molecule has 9 heteroatoms. The van der Waals surface area contributed by atoms with Crippen LogP contribution in [0.1, 0.15) is 43.9 Å². The molecule has 1 aliphatic heterocycles. The average Bonchev–Trinajstić information content (AvgIpc) is 3.69. The van der Waals surface area contributed by atoms with Gasteiger partial charge in [0.05, 0.1) is 30.2 Å². The lowest BCUT2D eigenvalue weighted by Gasteiger charge is -2.24. The second-order valence-corrected chi connectivity index (χ2v) is 12.0. The highest BCUT2D eigenvalue weighted by Crippen LogP contribution is 2.49. The van der Waals surface area contributed by atoms with Gasteiger partial charge in [0.1, 0.15) is 35.5 Å². The van der Waals surface area contributed by atoms with E-state index in [1.807, 2.05) is 39.1 Å². The molecule has 1 saturated carbocycles. The first-order chi connectivity index (χ1) is 20.9. The largest absolute Gasteiger partial charge is 0.497 e. The van der Waals surface area contributed by atoms with Gasteiger partial charge in [-0.15, -0.1) is 0 Å². The molecule has 0 amide bonds. The number of hydrogen-bond donors (Lipinski definition) is 2. The molecule has 3 aromatic heterocycles. The molecule has 4 atom stereocenters. The third kappa shape index (κ3) is 5.39. The zero-order chi connectivity index (χ0) is 29.6. The Labute approximate surface area is 251 Å². The fraction of sp³-hybridized carbons (Fsp3) is 0.382. The van der Waals surface area contributed by atoms with Crippen molar-refractivity contribution in [3.63, 3.8) is 0 Å². The Morgan fingerprint density at radius 2 is 1.77 bits per heavy atom. The van der Waals surface area contributed by atoms with E-state index in [1.54, 1.807) is 13.4 Å². The Bertz CT molecular complexity index is 1750. The van der Waals surface area contributed by atoms with E-state index in [0.29, 0.717) is 12.5 Å². The summed E-state index contributed by atoms with van der Waals surface area (Å²) in [6.07, 6.45) is 6.68. The number of ether oxygens (including phenoxy) is 3. The van der Waals surface area contributed by atoms with Crippen LogP contribution in [0.15, 0.2) is 73.2 Å². The van der Waals surface area contributed by atoms with Gasteiger partial charge in [-0.3, -0.25) is 0 Å². The molecule has 0 bridgehead atoms. The molecule has 222 valence electrons. The molecule has 4 heterocycles. The summed E-state index contributed by atoms with van der Waals surface area (Å²) >= 11 is 0. The van der Waals surface area contributed by atoms with E-state index in [9.17, 15) is 0 Å². The van der Waals surface area contributed by atoms with E-state index < -0.39 is 5.79 Å². The lowest BCUT2D eigenvalue weighted by atomic mass is 9.95. The lowest BCUT2D eigenvalue weighted by molar-refractivity contribution is -0.160. The molecule has 0 spiro atoms. The molecular formula is C34H38N6O3. The van der Waals surface area contributed by atoms with Gasteiger partial charge in [0.2, 0.25) is 0 Å². The van der Waals surface area contributed by atoms with Crippen LogP contribution >= 0.6 is 0 Å². The van der Waals surface area contributed by atoms with Crippen molar-refractivity contribution in [1.82, 2.24) is 19.5 Å². The molecule has 2 aliphatic rings. The monoisotopic (exact) mass is 578 g/mol. The van der Waals surface area contributed by atoms with Crippen LogP contribution in [-0.4, -0.2) is 51.7 Å². The average molecular weight is 579 g/mol. The number of benzene rings is 2. The van der Waals surface area contributed by atoms with Gasteiger partial charge in [-0.05, 0) is 86.6 Å². The summed E-state index contributed by atoms with van der Waals surface area (Å²) in [5, 5.41) is 8.80. The van der Waals surface area contributed by atoms with Gasteiger partial charge in [0.25, 0.3) is 0 Å². The highest BCUT2D eigenvalue weighted by atomic mass is 16.8. The van der Waals surface area contributed by atoms with Gasteiger partial charge < -0.3 is 29.4 Å². The van der Waals surface area contributed by atoms with Gasteiger partial charge in [-0.25, -0.2) is 15.0 Å². The molecule has 2 N–H and O–H groups in total. The highest BCUT2D eigenvalue weighted by molar-refractivity contribution is 5.87. The van der Waals surface area contributed by atoms with Crippen LogP contribution in [0.5, 0.6) is 5.75 Å². The van der Waals surface area contributed by atoms with Crippen molar-refractivity contribution in [2.45, 2.75) is 63.7 Å². The van der Waals surface area contributed by atoms with E-state index in [2.05, 4.69) is 73.8 Å². The first-order valence-corrected chi connectivity index (χ1v) is 15.0. The standard InChI is InChI=1S/C34H38N6O3/c1-34(2)42-30-24(18-28(31(30)43-34)40-16-15-26-32(35-3)37-20-38-33(26)40)10-6-21-5-9-23-11-14-29(39-27(23)17-21)36-19-22-7-12-25(41-4)13-8-22/h5,7-9,11-17,20,24,28,30-31H,6,10,18-19H2,1-4H3,(H,36,39)(H,35,37,38)/t24-,28+,30+,31-/m0/s1. The molecule has 2 aromatic carbocycles. The number of aromatic nitrogens is 4. The predicted molar refractivity (Wildman–Crippen MR) is 168 cm³/mol. The number of nitrogens with zero attached hydrogens (tertiary/aromatic N) is 4. The third-order valence-corrected chi connectivity index (χ3v) is 8.85. The maximum atomic E-state index is 6.51. The van der Waals surface area contributed by atoms with Crippen LogP contribution in [0.4, 0.5) is 11.6 Å². The van der Waals surface area contributed by atoms with Crippen molar-refractivity contribution in [2.75, 3.05) is 24.8 Å². The Morgan fingerprint density at radius 1 is 0.977 bits per heavy atom. The third-order valence-electron chi connectivity index (χ3n) is 8.85. The molecule has 5 aromatic rings. The molecule has 9 nitrogen and oxygen atoms in total. The van der Waals surface area contributed by atoms with E-state index in [1.165, 1.54) is 11.1 Å². The van der Waals surface area contributed by atoms with Crippen LogP contribution in [0.2, 0.25) is 0 Å². The minimum atomic E-state index is -0.609. The number of nitrogens with one attached hydrogen (secondary N) is 2. The quantitative estimate of drug-likeness (QED) is 0.209. The zero-order valence-electron chi connectivity index (χ0n) is 25.1. The number of hydrogen-bond acceptors (Lipinski definition) is 8. The van der Waals surface area contributed by atoms with Crippen LogP contribution in [-0.2, 0) is 22.4 Å². The van der Waals surface area contributed by atoms with Crippen molar-refractivity contribution in [3.05, 3.63) is 84.3 Å². The van der Waals surface area contributed by atoms with E-state index in [-0.39, 0.29) is 18.2 Å². The van der Waals surface area contributed by atoms with E-state index in [0.717, 1.165) is 58.6 Å². The molecule has 0 radical (unpaired) electrons. The number of anilines is 2. The van der Waals surface area contributed by atoms with E-state index in [4.69, 9.17) is 19.2 Å². The minimum absolute atomic E-state index is 0.0267. The number of fused-ring (bicyclic) bond motifs is 3. The summed E-state index contributed by atoms with van der Waals surface area (Å²) < 4.78 is 20.6. The smallest absolute Gasteiger partial charge is 0.163 e. The molecule has 2 fully saturated rings. The fourth-order valence-electron chi connectivity index (χ4n) is 6.75. The molecular weight excluding hydrogens is 540 g/mol. The predicted octanol–water partition coefficient (Wildman–Crippen LogP) is 6.36. The zero-order valence-corrected chi connectivity index (χ0v) is 25.1. The summed E-state index contributed by atoms with van der Waals surface area (Å²) in [5.74, 6) is 2.31. The van der Waals surface area contributed by atoms with Gasteiger partial charge in [0, 0.05) is 25.2 Å². The molecule has 0 unspecified atom stereocenters. The van der Waals surface area contributed by atoms with Crippen molar-refractivity contribution < 1.29 is 14.2 Å². The maximum absolute atomic E-state index is 6.51. The van der Waals surface area contributed by atoms with Gasteiger partial charge >= 0.3 is 0 Å². The number of rotatable bonds is 9. The normalized spacial score (nSPS) is 22.6. The molecule has 7 rings (SSSR count). The summed E-state index contributed by atoms with van der Waals surface area (Å²) in [6, 6.07) is 21.1. The number of pyridine rings is 1. The van der Waals surface area contributed by atoms with Gasteiger partial charge in [-0.1, -0.05) is 24.3 Å². The SMILES string of the molecule is CNc1ncnc2c1ccn2[C@@H]1C[C@H](CCc2ccc3ccc(NCc4ccc(OC)cc4)nc3c2)[C@H]2OC(C)(C)O[C@H]21. The van der Waals surface area contributed by atoms with Gasteiger partial charge in [-0.2, -0.15) is 0 Å².